The van der Waals surface area contributed by atoms with Crippen molar-refractivity contribution in [3.05, 3.63) is 23.8 Å². The topological polar surface area (TPSA) is 65.9 Å². The minimum atomic E-state index is 0.157. The van der Waals surface area contributed by atoms with E-state index < -0.39 is 0 Å². The Morgan fingerprint density at radius 2 is 2.41 bits per heavy atom. The molecule has 0 unspecified atom stereocenters. The monoisotopic (exact) mass is 235 g/mol. The number of nitrogens with zero attached hydrogens (tertiary/aromatic N) is 1. The van der Waals surface area contributed by atoms with E-state index in [4.69, 9.17) is 4.74 Å². The first-order valence-electron chi connectivity index (χ1n) is 5.67. The Hall–Kier alpha value is -1.91. The predicted octanol–water partition coefficient (Wildman–Crippen LogP) is 0.840. The molecular weight excluding hydrogens is 218 g/mol. The first-order chi connectivity index (χ1) is 8.29. The summed E-state index contributed by atoms with van der Waals surface area (Å²) in [4.78, 5) is 4.32. The van der Waals surface area contributed by atoms with E-state index in [2.05, 4.69) is 15.6 Å². The summed E-state index contributed by atoms with van der Waals surface area (Å²) in [5.41, 5.74) is 1.04. The van der Waals surface area contributed by atoms with Crippen LogP contribution in [0.25, 0.3) is 0 Å². The van der Waals surface area contributed by atoms with Crippen LogP contribution in [0.5, 0.6) is 11.5 Å². The van der Waals surface area contributed by atoms with Crippen LogP contribution in [-0.4, -0.2) is 31.3 Å². The average molecular weight is 235 g/mol. The van der Waals surface area contributed by atoms with E-state index in [1.165, 1.54) is 0 Å². The zero-order valence-corrected chi connectivity index (χ0v) is 9.86. The highest BCUT2D eigenvalue weighted by molar-refractivity contribution is 5.80. The number of phenolic OH excluding ortho intramolecular Hbond substituents is 1. The minimum absolute atomic E-state index is 0.157. The molecule has 1 aromatic carbocycles. The summed E-state index contributed by atoms with van der Waals surface area (Å²) < 4.78 is 5.05. The first-order valence-corrected chi connectivity index (χ1v) is 5.67. The number of hydrogen-bond acceptors (Lipinski definition) is 5. The number of nitrogens with one attached hydrogen (secondary N) is 2. The maximum Gasteiger partial charge on any atom is 0.191 e. The van der Waals surface area contributed by atoms with Crippen LogP contribution in [0, 0.1) is 0 Å². The number of benzene rings is 1. The number of methoxy groups -OCH3 is 1. The fourth-order valence-electron chi connectivity index (χ4n) is 1.67. The molecule has 0 saturated carbocycles. The summed E-state index contributed by atoms with van der Waals surface area (Å²) in [5, 5.41) is 15.9. The van der Waals surface area contributed by atoms with Crippen LogP contribution in [0.1, 0.15) is 12.0 Å². The van der Waals surface area contributed by atoms with Crippen molar-refractivity contribution < 1.29 is 9.84 Å². The van der Waals surface area contributed by atoms with Gasteiger partial charge in [-0.25, -0.2) is 0 Å². The number of hydrogen-bond donors (Lipinski definition) is 3. The highest BCUT2D eigenvalue weighted by Gasteiger charge is 2.05. The molecular formula is C12H17N3O2. The summed E-state index contributed by atoms with van der Waals surface area (Å²) in [5.74, 6) is 1.48. The molecule has 0 amide bonds. The van der Waals surface area contributed by atoms with E-state index in [-0.39, 0.29) is 5.75 Å². The van der Waals surface area contributed by atoms with Crippen LogP contribution >= 0.6 is 0 Å². The van der Waals surface area contributed by atoms with Crippen molar-refractivity contribution >= 4 is 5.96 Å². The zero-order chi connectivity index (χ0) is 12.1. The first kappa shape index (κ1) is 11.6. The Morgan fingerprint density at radius 1 is 1.53 bits per heavy atom. The van der Waals surface area contributed by atoms with Gasteiger partial charge in [0.15, 0.2) is 17.5 Å². The molecule has 0 radical (unpaired) electrons. The van der Waals surface area contributed by atoms with Gasteiger partial charge in [0.05, 0.1) is 7.11 Å². The molecule has 1 aliphatic rings. The Bertz CT molecular complexity index is 418. The third kappa shape index (κ3) is 3.03. The van der Waals surface area contributed by atoms with Gasteiger partial charge in [-0.15, -0.1) is 0 Å². The quantitative estimate of drug-likeness (QED) is 0.726. The maximum absolute atomic E-state index is 9.47. The zero-order valence-electron chi connectivity index (χ0n) is 9.86. The van der Waals surface area contributed by atoms with Crippen LogP contribution in [-0.2, 0) is 6.54 Å². The molecule has 0 aliphatic carbocycles. The molecule has 3 N–H and O–H groups in total. The summed E-state index contributed by atoms with van der Waals surface area (Å²) in [6, 6.07) is 5.30. The summed E-state index contributed by atoms with van der Waals surface area (Å²) >= 11 is 0. The molecule has 0 spiro atoms. The summed E-state index contributed by atoms with van der Waals surface area (Å²) in [6.45, 7) is 2.49. The lowest BCUT2D eigenvalue weighted by molar-refractivity contribution is 0.373. The second-order valence-corrected chi connectivity index (χ2v) is 3.87. The Balaban J connectivity index is 1.96. The summed E-state index contributed by atoms with van der Waals surface area (Å²) in [6.07, 6.45) is 1.08. The van der Waals surface area contributed by atoms with Crippen molar-refractivity contribution in [2.75, 3.05) is 20.2 Å². The van der Waals surface area contributed by atoms with Gasteiger partial charge in [-0.2, -0.15) is 0 Å². The van der Waals surface area contributed by atoms with Gasteiger partial charge >= 0.3 is 0 Å². The van der Waals surface area contributed by atoms with Crippen molar-refractivity contribution in [2.45, 2.75) is 13.0 Å². The number of aromatic hydroxyl groups is 1. The van der Waals surface area contributed by atoms with Crippen LogP contribution in [0.15, 0.2) is 23.2 Å². The molecule has 5 heteroatoms. The number of phenols is 1. The molecule has 0 aromatic heterocycles. The van der Waals surface area contributed by atoms with Crippen molar-refractivity contribution in [3.63, 3.8) is 0 Å². The molecule has 17 heavy (non-hydrogen) atoms. The van der Waals surface area contributed by atoms with Gasteiger partial charge in [0, 0.05) is 19.6 Å². The Morgan fingerprint density at radius 3 is 3.12 bits per heavy atom. The lowest BCUT2D eigenvalue weighted by Gasteiger charge is -2.16. The largest absolute Gasteiger partial charge is 0.504 e. The number of rotatable bonds is 3. The highest BCUT2D eigenvalue weighted by atomic mass is 16.5. The molecule has 0 fully saturated rings. The van der Waals surface area contributed by atoms with Crippen LogP contribution in [0.3, 0.4) is 0 Å². The van der Waals surface area contributed by atoms with Crippen molar-refractivity contribution in [2.24, 2.45) is 4.99 Å². The molecule has 0 atom stereocenters. The van der Waals surface area contributed by atoms with Crippen molar-refractivity contribution in [1.82, 2.24) is 10.6 Å². The van der Waals surface area contributed by atoms with Gasteiger partial charge in [0.2, 0.25) is 0 Å². The van der Waals surface area contributed by atoms with Gasteiger partial charge in [-0.05, 0) is 24.1 Å². The van der Waals surface area contributed by atoms with E-state index >= 15 is 0 Å². The molecule has 1 aromatic rings. The smallest absolute Gasteiger partial charge is 0.191 e. The molecule has 0 saturated heterocycles. The second kappa shape index (κ2) is 5.43. The maximum atomic E-state index is 9.47. The van der Waals surface area contributed by atoms with E-state index in [0.29, 0.717) is 12.3 Å². The van der Waals surface area contributed by atoms with Gasteiger partial charge < -0.3 is 20.5 Å². The molecule has 5 nitrogen and oxygen atoms in total. The van der Waals surface area contributed by atoms with Gasteiger partial charge in [-0.1, -0.05) is 6.07 Å². The number of ether oxygens (including phenoxy) is 1. The molecule has 1 aliphatic heterocycles. The molecule has 92 valence electrons. The van der Waals surface area contributed by atoms with Crippen molar-refractivity contribution in [3.8, 4) is 11.5 Å². The second-order valence-electron chi connectivity index (χ2n) is 3.87. The number of guanidine groups is 1. The molecule has 0 bridgehead atoms. The minimum Gasteiger partial charge on any atom is -0.504 e. The lowest BCUT2D eigenvalue weighted by Crippen LogP contribution is -2.40. The Kier molecular flexibility index (Phi) is 3.69. The van der Waals surface area contributed by atoms with Gasteiger partial charge in [0.1, 0.15) is 0 Å². The van der Waals surface area contributed by atoms with E-state index in [0.717, 1.165) is 31.0 Å². The third-order valence-electron chi connectivity index (χ3n) is 2.60. The predicted molar refractivity (Wildman–Crippen MR) is 66.4 cm³/mol. The van der Waals surface area contributed by atoms with E-state index in [1.54, 1.807) is 13.2 Å². The van der Waals surface area contributed by atoms with Crippen LogP contribution in [0.2, 0.25) is 0 Å². The standard InChI is InChI=1S/C12H17N3O2/c1-17-11-7-9(3-4-10(11)16)8-15-12-13-5-2-6-14-12/h3-4,7,16H,2,5-6,8H2,1H3,(H2,13,14,15). The van der Waals surface area contributed by atoms with Gasteiger partial charge in [-0.3, -0.25) is 4.99 Å². The third-order valence-corrected chi connectivity index (χ3v) is 2.60. The fraction of sp³-hybridized carbons (Fsp3) is 0.417. The molecule has 1 heterocycles. The van der Waals surface area contributed by atoms with E-state index in [9.17, 15) is 5.11 Å². The number of aliphatic imine (C=N–C) groups is 1. The Labute approximate surface area is 101 Å². The normalized spacial score (nSPS) is 14.8. The molecule has 2 rings (SSSR count). The van der Waals surface area contributed by atoms with Crippen LogP contribution < -0.4 is 15.4 Å². The van der Waals surface area contributed by atoms with Crippen LogP contribution in [0.4, 0.5) is 0 Å². The SMILES string of the molecule is COc1cc(CNC2=NCCCN2)ccc1O. The van der Waals surface area contributed by atoms with Gasteiger partial charge in [0.25, 0.3) is 0 Å². The lowest BCUT2D eigenvalue weighted by atomic mass is 10.2. The van der Waals surface area contributed by atoms with E-state index in [1.807, 2.05) is 12.1 Å². The average Bonchev–Trinajstić information content (AvgIpc) is 2.39. The van der Waals surface area contributed by atoms with Crippen molar-refractivity contribution in [1.29, 1.82) is 0 Å². The summed E-state index contributed by atoms with van der Waals surface area (Å²) in [7, 11) is 1.54. The highest BCUT2D eigenvalue weighted by Crippen LogP contribution is 2.26. The fourth-order valence-corrected chi connectivity index (χ4v) is 1.67.